The molecule has 0 saturated carbocycles. The third-order valence-corrected chi connectivity index (χ3v) is 2.53. The summed E-state index contributed by atoms with van der Waals surface area (Å²) in [7, 11) is 1.52. The van der Waals surface area contributed by atoms with Crippen LogP contribution < -0.4 is 4.74 Å². The van der Waals surface area contributed by atoms with Crippen LogP contribution in [0.2, 0.25) is 0 Å². The van der Waals surface area contributed by atoms with Crippen LogP contribution in [0.3, 0.4) is 0 Å². The van der Waals surface area contributed by atoms with E-state index in [-0.39, 0.29) is 12.2 Å². The summed E-state index contributed by atoms with van der Waals surface area (Å²) in [5.41, 5.74) is 2.25. The lowest BCUT2D eigenvalue weighted by molar-refractivity contribution is 0.398. The molecule has 90 valence electrons. The molecule has 0 spiro atoms. The van der Waals surface area contributed by atoms with Crippen molar-refractivity contribution in [3.05, 3.63) is 47.9 Å². The number of methoxy groups -OCH3 is 1. The van der Waals surface area contributed by atoms with Gasteiger partial charge in [0.05, 0.1) is 25.3 Å². The molecule has 0 fully saturated rings. The zero-order valence-electron chi connectivity index (χ0n) is 9.85. The summed E-state index contributed by atoms with van der Waals surface area (Å²) >= 11 is 0. The van der Waals surface area contributed by atoms with Crippen LogP contribution in [0, 0.1) is 17.1 Å². The zero-order valence-corrected chi connectivity index (χ0v) is 9.85. The maximum absolute atomic E-state index is 12.9. The zero-order chi connectivity index (χ0) is 13.0. The molecular formula is C14H11FN2O. The predicted molar refractivity (Wildman–Crippen MR) is 65.5 cm³/mol. The van der Waals surface area contributed by atoms with E-state index in [1.165, 1.54) is 19.2 Å². The summed E-state index contributed by atoms with van der Waals surface area (Å²) in [6, 6.07) is 11.7. The molecule has 1 aromatic heterocycles. The number of pyridine rings is 1. The molecule has 4 heteroatoms. The number of aromatic nitrogens is 1. The van der Waals surface area contributed by atoms with Crippen LogP contribution in [-0.2, 0) is 6.42 Å². The van der Waals surface area contributed by atoms with E-state index >= 15 is 0 Å². The Bertz CT molecular complexity index is 588. The van der Waals surface area contributed by atoms with Crippen molar-refractivity contribution in [2.45, 2.75) is 6.42 Å². The summed E-state index contributed by atoms with van der Waals surface area (Å²) in [4.78, 5) is 4.24. The van der Waals surface area contributed by atoms with Crippen molar-refractivity contribution in [2.24, 2.45) is 0 Å². The molecule has 0 amide bonds. The number of rotatable bonds is 3. The first-order valence-corrected chi connectivity index (χ1v) is 5.41. The highest BCUT2D eigenvalue weighted by Crippen LogP contribution is 2.28. The van der Waals surface area contributed by atoms with E-state index in [4.69, 9.17) is 10.00 Å². The maximum atomic E-state index is 12.9. The molecule has 0 N–H and O–H groups in total. The highest BCUT2D eigenvalue weighted by Gasteiger charge is 2.08. The molecule has 0 aliphatic rings. The summed E-state index contributed by atoms with van der Waals surface area (Å²) in [6.45, 7) is 0. The number of hydrogen-bond donors (Lipinski definition) is 0. The first-order chi connectivity index (χ1) is 8.74. The predicted octanol–water partition coefficient (Wildman–Crippen LogP) is 2.96. The molecule has 1 heterocycles. The molecule has 3 nitrogen and oxygen atoms in total. The Balaban J connectivity index is 2.44. The van der Waals surface area contributed by atoms with Crippen LogP contribution >= 0.6 is 0 Å². The molecule has 0 atom stereocenters. The first-order valence-electron chi connectivity index (χ1n) is 5.41. The molecule has 1 aromatic carbocycles. The molecule has 2 rings (SSSR count). The molecule has 0 aliphatic carbocycles. The number of hydrogen-bond acceptors (Lipinski definition) is 3. The van der Waals surface area contributed by atoms with E-state index in [0.717, 1.165) is 11.1 Å². The second-order valence-electron chi connectivity index (χ2n) is 3.70. The topological polar surface area (TPSA) is 45.9 Å². The lowest BCUT2D eigenvalue weighted by Crippen LogP contribution is -1.96. The third kappa shape index (κ3) is 2.46. The quantitative estimate of drug-likeness (QED) is 0.831. The average molecular weight is 242 g/mol. The van der Waals surface area contributed by atoms with E-state index < -0.39 is 0 Å². The Morgan fingerprint density at radius 2 is 1.94 bits per heavy atom. The fraction of sp³-hybridized carbons (Fsp3) is 0.143. The van der Waals surface area contributed by atoms with Crippen molar-refractivity contribution in [3.8, 4) is 23.1 Å². The van der Waals surface area contributed by atoms with Crippen molar-refractivity contribution in [2.75, 3.05) is 7.11 Å². The second kappa shape index (κ2) is 5.28. The third-order valence-electron chi connectivity index (χ3n) is 2.53. The lowest BCUT2D eigenvalue weighted by atomic mass is 10.1. The minimum Gasteiger partial charge on any atom is -0.481 e. The second-order valence-corrected chi connectivity index (χ2v) is 3.70. The van der Waals surface area contributed by atoms with E-state index in [1.54, 1.807) is 18.2 Å². The van der Waals surface area contributed by atoms with E-state index in [1.807, 2.05) is 12.1 Å². The Labute approximate surface area is 104 Å². The highest BCUT2D eigenvalue weighted by atomic mass is 19.1. The van der Waals surface area contributed by atoms with E-state index in [2.05, 4.69) is 4.98 Å². The SMILES string of the molecule is COc1nc(CC#N)ccc1-c1ccc(F)cc1. The van der Waals surface area contributed by atoms with Gasteiger partial charge in [-0.25, -0.2) is 9.37 Å². The molecule has 18 heavy (non-hydrogen) atoms. The summed E-state index contributed by atoms with van der Waals surface area (Å²) in [5, 5.41) is 8.63. The van der Waals surface area contributed by atoms with Crippen molar-refractivity contribution < 1.29 is 9.13 Å². The number of benzene rings is 1. The molecule has 0 radical (unpaired) electrons. The Kier molecular flexibility index (Phi) is 3.54. The number of nitrogens with zero attached hydrogens (tertiary/aromatic N) is 2. The van der Waals surface area contributed by atoms with Gasteiger partial charge in [-0.3, -0.25) is 0 Å². The Hall–Kier alpha value is -2.41. The van der Waals surface area contributed by atoms with Gasteiger partial charge in [0.25, 0.3) is 0 Å². The summed E-state index contributed by atoms with van der Waals surface area (Å²) in [5.74, 6) is 0.154. The average Bonchev–Trinajstić information content (AvgIpc) is 2.40. The van der Waals surface area contributed by atoms with Gasteiger partial charge in [-0.05, 0) is 29.8 Å². The number of halogens is 1. The van der Waals surface area contributed by atoms with Gasteiger partial charge in [0.2, 0.25) is 5.88 Å². The van der Waals surface area contributed by atoms with E-state index in [9.17, 15) is 4.39 Å². The van der Waals surface area contributed by atoms with E-state index in [0.29, 0.717) is 11.6 Å². The molecule has 0 bridgehead atoms. The highest BCUT2D eigenvalue weighted by molar-refractivity contribution is 5.68. The van der Waals surface area contributed by atoms with Gasteiger partial charge in [-0.2, -0.15) is 5.26 Å². The van der Waals surface area contributed by atoms with Gasteiger partial charge in [-0.15, -0.1) is 0 Å². The van der Waals surface area contributed by atoms with Gasteiger partial charge < -0.3 is 4.74 Å². The minimum absolute atomic E-state index is 0.236. The smallest absolute Gasteiger partial charge is 0.221 e. The first kappa shape index (κ1) is 12.1. The van der Waals surface area contributed by atoms with Crippen molar-refractivity contribution in [3.63, 3.8) is 0 Å². The molecule has 0 unspecified atom stereocenters. The molecule has 0 aliphatic heterocycles. The van der Waals surface area contributed by atoms with Crippen molar-refractivity contribution >= 4 is 0 Å². The Morgan fingerprint density at radius 3 is 2.56 bits per heavy atom. The molecule has 2 aromatic rings. The fourth-order valence-corrected chi connectivity index (χ4v) is 1.66. The Morgan fingerprint density at radius 1 is 1.22 bits per heavy atom. The van der Waals surface area contributed by atoms with Crippen molar-refractivity contribution in [1.82, 2.24) is 4.98 Å². The normalized spacial score (nSPS) is 9.83. The minimum atomic E-state index is -0.285. The standard InChI is InChI=1S/C14H11FN2O/c1-18-14-13(7-6-12(17-14)8-9-16)10-2-4-11(15)5-3-10/h2-7H,8H2,1H3. The van der Waals surface area contributed by atoms with Gasteiger partial charge in [0, 0.05) is 5.56 Å². The summed E-state index contributed by atoms with van der Waals surface area (Å²) < 4.78 is 18.1. The number of ether oxygens (including phenoxy) is 1. The van der Waals surface area contributed by atoms with Gasteiger partial charge >= 0.3 is 0 Å². The van der Waals surface area contributed by atoms with Gasteiger partial charge in [0.1, 0.15) is 5.82 Å². The maximum Gasteiger partial charge on any atom is 0.221 e. The van der Waals surface area contributed by atoms with Crippen LogP contribution in [0.4, 0.5) is 4.39 Å². The number of nitriles is 1. The molecular weight excluding hydrogens is 231 g/mol. The van der Waals surface area contributed by atoms with Crippen LogP contribution in [0.5, 0.6) is 5.88 Å². The van der Waals surface area contributed by atoms with Gasteiger partial charge in [-0.1, -0.05) is 12.1 Å². The van der Waals surface area contributed by atoms with Gasteiger partial charge in [0.15, 0.2) is 0 Å². The van der Waals surface area contributed by atoms with Crippen LogP contribution in [0.1, 0.15) is 5.69 Å². The summed E-state index contributed by atoms with van der Waals surface area (Å²) in [6.07, 6.45) is 0.236. The van der Waals surface area contributed by atoms with Crippen LogP contribution in [0.15, 0.2) is 36.4 Å². The fourth-order valence-electron chi connectivity index (χ4n) is 1.66. The molecule has 0 saturated heterocycles. The van der Waals surface area contributed by atoms with Crippen LogP contribution in [-0.4, -0.2) is 12.1 Å². The monoisotopic (exact) mass is 242 g/mol. The lowest BCUT2D eigenvalue weighted by Gasteiger charge is -2.08. The van der Waals surface area contributed by atoms with Crippen LogP contribution in [0.25, 0.3) is 11.1 Å². The largest absolute Gasteiger partial charge is 0.481 e. The van der Waals surface area contributed by atoms with Crippen molar-refractivity contribution in [1.29, 1.82) is 5.26 Å².